The molecule has 176 valence electrons. The Bertz CT molecular complexity index is 474. The molecule has 3 fully saturated rings. The highest BCUT2D eigenvalue weighted by Crippen LogP contribution is 2.18. The molecule has 0 spiro atoms. The van der Waals surface area contributed by atoms with E-state index in [1.807, 2.05) is 0 Å². The molecular weight excluding hydrogens is 491 g/mol. The molecule has 3 aliphatic rings. The van der Waals surface area contributed by atoms with E-state index in [0.29, 0.717) is 18.1 Å². The van der Waals surface area contributed by atoms with Crippen molar-refractivity contribution in [2.75, 3.05) is 59.0 Å². The molecule has 7 heteroatoms. The third kappa shape index (κ3) is 9.17. The Morgan fingerprint density at radius 3 is 2.50 bits per heavy atom. The number of nitrogens with one attached hydrogen (secondary N) is 1. The molecular formula is C23H45IN4O2. The van der Waals surface area contributed by atoms with Gasteiger partial charge in [0.25, 0.3) is 0 Å². The van der Waals surface area contributed by atoms with Crippen molar-refractivity contribution < 1.29 is 9.47 Å². The summed E-state index contributed by atoms with van der Waals surface area (Å²) in [7, 11) is 0. The van der Waals surface area contributed by atoms with E-state index in [-0.39, 0.29) is 24.0 Å². The van der Waals surface area contributed by atoms with Gasteiger partial charge in [0.05, 0.1) is 18.8 Å². The molecule has 30 heavy (non-hydrogen) atoms. The number of nitrogens with zero attached hydrogens (tertiary/aromatic N) is 3. The van der Waals surface area contributed by atoms with Crippen LogP contribution in [0.1, 0.15) is 65.2 Å². The van der Waals surface area contributed by atoms with Crippen LogP contribution < -0.4 is 5.32 Å². The van der Waals surface area contributed by atoms with Crippen molar-refractivity contribution in [3.63, 3.8) is 0 Å². The number of halogens is 1. The van der Waals surface area contributed by atoms with Crippen molar-refractivity contribution >= 4 is 29.9 Å². The topological polar surface area (TPSA) is 49.3 Å². The SMILES string of the molecule is CCNC(=NCC(C)CN1CCCCC1)N1CCC(OCC2CCCCO2)CC1.I. The average molecular weight is 537 g/mol. The predicted octanol–water partition coefficient (Wildman–Crippen LogP) is 3.74. The van der Waals surface area contributed by atoms with Gasteiger partial charge in [-0.25, -0.2) is 0 Å². The van der Waals surface area contributed by atoms with Crippen molar-refractivity contribution in [2.45, 2.75) is 77.4 Å². The van der Waals surface area contributed by atoms with E-state index in [4.69, 9.17) is 14.5 Å². The van der Waals surface area contributed by atoms with E-state index >= 15 is 0 Å². The van der Waals surface area contributed by atoms with Crippen LogP contribution in [-0.4, -0.2) is 87.0 Å². The minimum atomic E-state index is 0. The summed E-state index contributed by atoms with van der Waals surface area (Å²) in [6, 6.07) is 0. The maximum Gasteiger partial charge on any atom is 0.193 e. The molecule has 2 unspecified atom stereocenters. The predicted molar refractivity (Wildman–Crippen MR) is 135 cm³/mol. The van der Waals surface area contributed by atoms with E-state index in [1.165, 1.54) is 51.7 Å². The van der Waals surface area contributed by atoms with Crippen LogP contribution in [0.3, 0.4) is 0 Å². The first-order chi connectivity index (χ1) is 14.2. The van der Waals surface area contributed by atoms with Gasteiger partial charge in [0.15, 0.2) is 5.96 Å². The van der Waals surface area contributed by atoms with Crippen LogP contribution in [0.25, 0.3) is 0 Å². The van der Waals surface area contributed by atoms with Gasteiger partial charge in [-0.2, -0.15) is 0 Å². The standard InChI is InChI=1S/C23H44N4O2.HI/c1-3-24-23(25-17-20(2)18-26-12-6-4-7-13-26)27-14-10-21(11-15-27)29-19-22-9-5-8-16-28-22;/h20-22H,3-19H2,1-2H3,(H,24,25);1H. The first kappa shape index (κ1) is 26.1. The summed E-state index contributed by atoms with van der Waals surface area (Å²) in [5, 5.41) is 3.51. The molecule has 3 heterocycles. The van der Waals surface area contributed by atoms with Gasteiger partial charge in [0.1, 0.15) is 0 Å². The zero-order valence-electron chi connectivity index (χ0n) is 19.3. The van der Waals surface area contributed by atoms with Crippen molar-refractivity contribution in [2.24, 2.45) is 10.9 Å². The van der Waals surface area contributed by atoms with Crippen molar-refractivity contribution in [3.05, 3.63) is 0 Å². The van der Waals surface area contributed by atoms with Gasteiger partial charge in [0, 0.05) is 39.3 Å². The number of hydrogen-bond donors (Lipinski definition) is 1. The van der Waals surface area contributed by atoms with Crippen molar-refractivity contribution in [1.29, 1.82) is 0 Å². The lowest BCUT2D eigenvalue weighted by atomic mass is 10.1. The van der Waals surface area contributed by atoms with E-state index in [2.05, 4.69) is 29.0 Å². The molecule has 6 nitrogen and oxygen atoms in total. The molecule has 2 atom stereocenters. The van der Waals surface area contributed by atoms with Crippen LogP contribution >= 0.6 is 24.0 Å². The second-order valence-electron chi connectivity index (χ2n) is 9.17. The van der Waals surface area contributed by atoms with Gasteiger partial charge in [0.2, 0.25) is 0 Å². The number of guanidine groups is 1. The zero-order chi connectivity index (χ0) is 20.3. The summed E-state index contributed by atoms with van der Waals surface area (Å²) in [5.41, 5.74) is 0. The zero-order valence-corrected chi connectivity index (χ0v) is 21.6. The van der Waals surface area contributed by atoms with E-state index < -0.39 is 0 Å². The fourth-order valence-electron chi connectivity index (χ4n) is 4.73. The summed E-state index contributed by atoms with van der Waals surface area (Å²) in [6.07, 6.45) is 10.6. The highest BCUT2D eigenvalue weighted by atomic mass is 127. The monoisotopic (exact) mass is 536 g/mol. The second kappa shape index (κ2) is 14.9. The lowest BCUT2D eigenvalue weighted by molar-refractivity contribution is -0.0721. The van der Waals surface area contributed by atoms with Crippen LogP contribution in [-0.2, 0) is 9.47 Å². The van der Waals surface area contributed by atoms with E-state index in [9.17, 15) is 0 Å². The minimum Gasteiger partial charge on any atom is -0.376 e. The van der Waals surface area contributed by atoms with Crippen LogP contribution in [0.15, 0.2) is 4.99 Å². The van der Waals surface area contributed by atoms with Gasteiger partial charge >= 0.3 is 0 Å². The molecule has 0 aliphatic carbocycles. The Hall–Kier alpha value is -0.120. The molecule has 0 bridgehead atoms. The van der Waals surface area contributed by atoms with Gasteiger partial charge in [-0.3, -0.25) is 4.99 Å². The number of aliphatic imine (C=N–C) groups is 1. The van der Waals surface area contributed by atoms with Gasteiger partial charge < -0.3 is 24.6 Å². The fourth-order valence-corrected chi connectivity index (χ4v) is 4.73. The smallest absolute Gasteiger partial charge is 0.193 e. The Morgan fingerprint density at radius 1 is 1.07 bits per heavy atom. The minimum absolute atomic E-state index is 0. The van der Waals surface area contributed by atoms with Crippen LogP contribution in [0, 0.1) is 5.92 Å². The molecule has 3 aliphatic heterocycles. The normalized spacial score (nSPS) is 25.6. The van der Waals surface area contributed by atoms with Crippen LogP contribution in [0.4, 0.5) is 0 Å². The Labute approximate surface area is 201 Å². The van der Waals surface area contributed by atoms with Gasteiger partial charge in [-0.05, 0) is 70.9 Å². The molecule has 1 N–H and O–H groups in total. The van der Waals surface area contributed by atoms with Gasteiger partial charge in [-0.15, -0.1) is 24.0 Å². The third-order valence-corrected chi connectivity index (χ3v) is 6.44. The summed E-state index contributed by atoms with van der Waals surface area (Å²) in [5.74, 6) is 1.70. The number of ether oxygens (including phenoxy) is 2. The third-order valence-electron chi connectivity index (χ3n) is 6.44. The van der Waals surface area contributed by atoms with E-state index in [0.717, 1.165) is 64.6 Å². The number of hydrogen-bond acceptors (Lipinski definition) is 4. The summed E-state index contributed by atoms with van der Waals surface area (Å²) in [6.45, 7) is 13.8. The number of rotatable bonds is 8. The first-order valence-corrected chi connectivity index (χ1v) is 12.2. The van der Waals surface area contributed by atoms with E-state index in [1.54, 1.807) is 0 Å². The molecule has 0 radical (unpaired) electrons. The Balaban J connectivity index is 0.00000320. The first-order valence-electron chi connectivity index (χ1n) is 12.2. The molecule has 0 amide bonds. The maximum atomic E-state index is 6.18. The highest BCUT2D eigenvalue weighted by Gasteiger charge is 2.24. The maximum absolute atomic E-state index is 6.18. The average Bonchev–Trinajstić information content (AvgIpc) is 2.77. The second-order valence-corrected chi connectivity index (χ2v) is 9.17. The molecule has 3 saturated heterocycles. The number of likely N-dealkylation sites (tertiary alicyclic amines) is 2. The van der Waals surface area contributed by atoms with Crippen LogP contribution in [0.2, 0.25) is 0 Å². The molecule has 3 rings (SSSR count). The van der Waals surface area contributed by atoms with Crippen LogP contribution in [0.5, 0.6) is 0 Å². The molecule has 0 aromatic rings. The number of piperidine rings is 2. The van der Waals surface area contributed by atoms with Crippen molar-refractivity contribution in [1.82, 2.24) is 15.1 Å². The summed E-state index contributed by atoms with van der Waals surface area (Å²) >= 11 is 0. The fraction of sp³-hybridized carbons (Fsp3) is 0.957. The molecule has 0 aromatic heterocycles. The Morgan fingerprint density at radius 2 is 1.83 bits per heavy atom. The molecule has 0 saturated carbocycles. The molecule has 0 aromatic carbocycles. The summed E-state index contributed by atoms with van der Waals surface area (Å²) < 4.78 is 12.0. The lowest BCUT2D eigenvalue weighted by Gasteiger charge is -2.35. The Kier molecular flexibility index (Phi) is 12.9. The van der Waals surface area contributed by atoms with Crippen molar-refractivity contribution in [3.8, 4) is 0 Å². The largest absolute Gasteiger partial charge is 0.376 e. The quantitative estimate of drug-likeness (QED) is 0.291. The van der Waals surface area contributed by atoms with Gasteiger partial charge in [-0.1, -0.05) is 13.3 Å². The lowest BCUT2D eigenvalue weighted by Crippen LogP contribution is -2.47. The highest BCUT2D eigenvalue weighted by molar-refractivity contribution is 14.0. The summed E-state index contributed by atoms with van der Waals surface area (Å²) in [4.78, 5) is 10.0.